The molecule has 2 aromatic heterocycles. The summed E-state index contributed by atoms with van der Waals surface area (Å²) in [6.45, 7) is 1.98. The average molecular weight is 283 g/mol. The average Bonchev–Trinajstić information content (AvgIpc) is 2.96. The van der Waals surface area contributed by atoms with E-state index in [9.17, 15) is 4.79 Å². The first kappa shape index (κ1) is 13.7. The highest BCUT2D eigenvalue weighted by Gasteiger charge is 2.28. The Balaban J connectivity index is 1.66. The largest absolute Gasteiger partial charge is 0.365 e. The molecule has 1 fully saturated rings. The second-order valence-electron chi connectivity index (χ2n) is 5.15. The van der Waals surface area contributed by atoms with Crippen LogP contribution in [0.2, 0.25) is 0 Å². The van der Waals surface area contributed by atoms with Crippen LogP contribution in [0, 0.1) is 0 Å². The van der Waals surface area contributed by atoms with Crippen LogP contribution < -0.4 is 5.32 Å². The molecule has 1 N–H and O–H groups in total. The van der Waals surface area contributed by atoms with Gasteiger partial charge in [0.15, 0.2) is 0 Å². The van der Waals surface area contributed by atoms with E-state index >= 15 is 0 Å². The highest BCUT2D eigenvalue weighted by Crippen LogP contribution is 2.21. The molecule has 0 saturated carbocycles. The fourth-order valence-corrected chi connectivity index (χ4v) is 2.35. The molecule has 3 heterocycles. The fourth-order valence-electron chi connectivity index (χ4n) is 2.35. The molecule has 2 aromatic rings. The van der Waals surface area contributed by atoms with Crippen LogP contribution in [-0.4, -0.2) is 28.1 Å². The Bertz CT molecular complexity index is 613. The van der Waals surface area contributed by atoms with Crippen LogP contribution in [0.1, 0.15) is 19.8 Å². The molecule has 2 unspecified atom stereocenters. The molecule has 0 spiro atoms. The van der Waals surface area contributed by atoms with Crippen molar-refractivity contribution >= 4 is 11.6 Å². The lowest BCUT2D eigenvalue weighted by Gasteiger charge is -2.11. The first-order valence-corrected chi connectivity index (χ1v) is 7.06. The normalized spacial score (nSPS) is 21.2. The van der Waals surface area contributed by atoms with E-state index in [2.05, 4.69) is 15.3 Å². The van der Waals surface area contributed by atoms with Gasteiger partial charge in [0.2, 0.25) is 0 Å². The number of nitrogens with one attached hydrogen (secondary N) is 1. The molecular weight excluding hydrogens is 266 g/mol. The summed E-state index contributed by atoms with van der Waals surface area (Å²) >= 11 is 0. The van der Waals surface area contributed by atoms with Gasteiger partial charge in [-0.15, -0.1) is 0 Å². The van der Waals surface area contributed by atoms with Gasteiger partial charge < -0.3 is 10.1 Å². The zero-order valence-corrected chi connectivity index (χ0v) is 11.8. The smallest absolute Gasteiger partial charge is 0.253 e. The maximum Gasteiger partial charge on any atom is 0.253 e. The Kier molecular flexibility index (Phi) is 3.92. The van der Waals surface area contributed by atoms with Crippen LogP contribution in [0.3, 0.4) is 0 Å². The molecule has 5 heteroatoms. The summed E-state index contributed by atoms with van der Waals surface area (Å²) in [6.07, 6.45) is 4.87. The van der Waals surface area contributed by atoms with Crippen molar-refractivity contribution < 1.29 is 9.53 Å². The number of hydrogen-bond acceptors (Lipinski definition) is 4. The number of pyridine rings is 2. The van der Waals surface area contributed by atoms with Crippen molar-refractivity contribution in [2.45, 2.75) is 32.0 Å². The minimum atomic E-state index is -0.351. The molecule has 0 radical (unpaired) electrons. The van der Waals surface area contributed by atoms with Crippen LogP contribution in [0.25, 0.3) is 11.4 Å². The molecule has 0 bridgehead atoms. The van der Waals surface area contributed by atoms with Crippen LogP contribution in [0.15, 0.2) is 42.7 Å². The Hall–Kier alpha value is -2.27. The molecule has 0 aromatic carbocycles. The molecule has 1 saturated heterocycles. The first-order valence-electron chi connectivity index (χ1n) is 7.06. The van der Waals surface area contributed by atoms with Gasteiger partial charge in [0.1, 0.15) is 6.10 Å². The number of rotatable bonds is 3. The van der Waals surface area contributed by atoms with Crippen molar-refractivity contribution in [3.8, 4) is 11.4 Å². The Morgan fingerprint density at radius 1 is 1.19 bits per heavy atom. The van der Waals surface area contributed by atoms with Crippen LogP contribution >= 0.6 is 0 Å². The number of ether oxygens (including phenoxy) is 1. The third-order valence-corrected chi connectivity index (χ3v) is 3.48. The summed E-state index contributed by atoms with van der Waals surface area (Å²) < 4.78 is 5.55. The number of anilines is 1. The second kappa shape index (κ2) is 6.01. The van der Waals surface area contributed by atoms with E-state index in [4.69, 9.17) is 4.74 Å². The van der Waals surface area contributed by atoms with E-state index in [0.29, 0.717) is 5.69 Å². The van der Waals surface area contributed by atoms with Gasteiger partial charge in [0, 0.05) is 6.20 Å². The van der Waals surface area contributed by atoms with Gasteiger partial charge >= 0.3 is 0 Å². The van der Waals surface area contributed by atoms with E-state index in [1.54, 1.807) is 12.4 Å². The van der Waals surface area contributed by atoms with Gasteiger partial charge in [-0.1, -0.05) is 6.07 Å². The number of amides is 1. The minimum absolute atomic E-state index is 0.105. The van der Waals surface area contributed by atoms with Crippen molar-refractivity contribution in [2.24, 2.45) is 0 Å². The zero-order chi connectivity index (χ0) is 14.7. The first-order chi connectivity index (χ1) is 10.2. The SMILES string of the molecule is CC1CCC(C(=O)Nc2ccc(-c3ccccn3)nc2)O1. The Labute approximate surface area is 123 Å². The third kappa shape index (κ3) is 3.25. The van der Waals surface area contributed by atoms with Gasteiger partial charge in [-0.25, -0.2) is 0 Å². The lowest BCUT2D eigenvalue weighted by Crippen LogP contribution is -2.27. The van der Waals surface area contributed by atoms with E-state index < -0.39 is 0 Å². The monoisotopic (exact) mass is 283 g/mol. The van der Waals surface area contributed by atoms with Crippen molar-refractivity contribution in [3.05, 3.63) is 42.7 Å². The van der Waals surface area contributed by atoms with Crippen LogP contribution in [-0.2, 0) is 9.53 Å². The van der Waals surface area contributed by atoms with Crippen LogP contribution in [0.4, 0.5) is 5.69 Å². The molecule has 1 aliphatic rings. The molecular formula is C16H17N3O2. The quantitative estimate of drug-likeness (QED) is 0.940. The van der Waals surface area contributed by atoms with Crippen molar-refractivity contribution in [1.29, 1.82) is 0 Å². The van der Waals surface area contributed by atoms with Crippen LogP contribution in [0.5, 0.6) is 0 Å². The predicted octanol–water partition coefficient (Wildman–Crippen LogP) is 2.65. The maximum atomic E-state index is 12.0. The van der Waals surface area contributed by atoms with E-state index in [0.717, 1.165) is 24.2 Å². The summed E-state index contributed by atoms with van der Waals surface area (Å²) in [5.74, 6) is -0.105. The fraction of sp³-hybridized carbons (Fsp3) is 0.312. The zero-order valence-electron chi connectivity index (χ0n) is 11.8. The topological polar surface area (TPSA) is 64.1 Å². The molecule has 5 nitrogen and oxygen atoms in total. The van der Waals surface area contributed by atoms with E-state index in [1.165, 1.54) is 0 Å². The second-order valence-corrected chi connectivity index (χ2v) is 5.15. The van der Waals surface area contributed by atoms with E-state index in [-0.39, 0.29) is 18.1 Å². The molecule has 2 atom stereocenters. The summed E-state index contributed by atoms with van der Waals surface area (Å²) in [5, 5.41) is 2.84. The minimum Gasteiger partial charge on any atom is -0.365 e. The summed E-state index contributed by atoms with van der Waals surface area (Å²) in [5.41, 5.74) is 2.26. The molecule has 1 aliphatic heterocycles. The maximum absolute atomic E-state index is 12.0. The highest BCUT2D eigenvalue weighted by molar-refractivity contribution is 5.94. The molecule has 108 valence electrons. The molecule has 0 aliphatic carbocycles. The van der Waals surface area contributed by atoms with Crippen molar-refractivity contribution in [2.75, 3.05) is 5.32 Å². The summed E-state index contributed by atoms with van der Waals surface area (Å²) in [4.78, 5) is 20.6. The Morgan fingerprint density at radius 2 is 2.05 bits per heavy atom. The van der Waals surface area contributed by atoms with Gasteiger partial charge in [0.05, 0.1) is 29.4 Å². The van der Waals surface area contributed by atoms with Gasteiger partial charge in [-0.3, -0.25) is 14.8 Å². The summed E-state index contributed by atoms with van der Waals surface area (Å²) in [7, 11) is 0. The standard InChI is InChI=1S/C16H17N3O2/c1-11-5-8-15(21-11)16(20)19-12-6-7-14(18-10-12)13-4-2-3-9-17-13/h2-4,6-7,9-11,15H,5,8H2,1H3,(H,19,20). The van der Waals surface area contributed by atoms with Crippen molar-refractivity contribution in [1.82, 2.24) is 9.97 Å². The lowest BCUT2D eigenvalue weighted by molar-refractivity contribution is -0.126. The number of carbonyl (C=O) groups is 1. The number of hydrogen-bond donors (Lipinski definition) is 1. The Morgan fingerprint density at radius 3 is 2.67 bits per heavy atom. The third-order valence-electron chi connectivity index (χ3n) is 3.48. The summed E-state index contributed by atoms with van der Waals surface area (Å²) in [6, 6.07) is 9.34. The molecule has 21 heavy (non-hydrogen) atoms. The number of nitrogens with zero attached hydrogens (tertiary/aromatic N) is 2. The van der Waals surface area contributed by atoms with Crippen molar-refractivity contribution in [3.63, 3.8) is 0 Å². The van der Waals surface area contributed by atoms with Gasteiger partial charge in [-0.2, -0.15) is 0 Å². The molecule has 3 rings (SSSR count). The van der Waals surface area contributed by atoms with Gasteiger partial charge in [-0.05, 0) is 44.0 Å². The number of aromatic nitrogens is 2. The lowest BCUT2D eigenvalue weighted by atomic mass is 10.2. The van der Waals surface area contributed by atoms with E-state index in [1.807, 2.05) is 37.3 Å². The predicted molar refractivity (Wildman–Crippen MR) is 79.7 cm³/mol. The van der Waals surface area contributed by atoms with Gasteiger partial charge in [0.25, 0.3) is 5.91 Å². The molecule has 1 amide bonds. The number of carbonyl (C=O) groups excluding carboxylic acids is 1. The highest BCUT2D eigenvalue weighted by atomic mass is 16.5.